The Labute approximate surface area is 124 Å². The summed E-state index contributed by atoms with van der Waals surface area (Å²) >= 11 is 0. The third kappa shape index (κ3) is 2.98. The van der Waals surface area contributed by atoms with Gasteiger partial charge in [-0.1, -0.05) is 0 Å². The van der Waals surface area contributed by atoms with Crippen LogP contribution in [0.3, 0.4) is 0 Å². The second kappa shape index (κ2) is 5.95. The number of aromatic nitrogens is 4. The van der Waals surface area contributed by atoms with Crippen molar-refractivity contribution in [2.24, 2.45) is 13.0 Å². The van der Waals surface area contributed by atoms with Crippen molar-refractivity contribution < 1.29 is 4.74 Å². The number of methoxy groups -OCH3 is 1. The second-order valence-corrected chi connectivity index (χ2v) is 5.71. The Balaban J connectivity index is 1.69. The molecule has 7 heteroatoms. The van der Waals surface area contributed by atoms with E-state index < -0.39 is 0 Å². The molecule has 0 aliphatic carbocycles. The largest absolute Gasteiger partial charge is 0.384 e. The van der Waals surface area contributed by atoms with Crippen LogP contribution in [0.1, 0.15) is 18.7 Å². The van der Waals surface area contributed by atoms with Gasteiger partial charge < -0.3 is 10.5 Å². The lowest BCUT2D eigenvalue weighted by molar-refractivity contribution is 0.0958. The number of piperidine rings is 1. The highest BCUT2D eigenvalue weighted by atomic mass is 16.5. The lowest BCUT2D eigenvalue weighted by atomic mass is 9.98. The number of hydrogen-bond acceptors (Lipinski definition) is 6. The first-order chi connectivity index (χ1) is 10.2. The molecule has 0 bridgehead atoms. The Kier molecular flexibility index (Phi) is 4.03. The Morgan fingerprint density at radius 1 is 1.33 bits per heavy atom. The van der Waals surface area contributed by atoms with Gasteiger partial charge in [0, 0.05) is 20.8 Å². The molecule has 3 heterocycles. The topological polar surface area (TPSA) is 82.1 Å². The highest BCUT2D eigenvalue weighted by Gasteiger charge is 2.20. The van der Waals surface area contributed by atoms with E-state index in [1.165, 1.54) is 0 Å². The van der Waals surface area contributed by atoms with Crippen LogP contribution >= 0.6 is 0 Å². The van der Waals surface area contributed by atoms with Gasteiger partial charge in [-0.15, -0.1) is 0 Å². The minimum Gasteiger partial charge on any atom is -0.384 e. The van der Waals surface area contributed by atoms with Crippen LogP contribution in [-0.4, -0.2) is 51.5 Å². The summed E-state index contributed by atoms with van der Waals surface area (Å²) in [4.78, 5) is 11.4. The molecule has 0 radical (unpaired) electrons. The maximum Gasteiger partial charge on any atom is 0.163 e. The Hall–Kier alpha value is -1.73. The second-order valence-electron chi connectivity index (χ2n) is 5.71. The first-order valence-corrected chi connectivity index (χ1v) is 7.32. The van der Waals surface area contributed by atoms with Crippen molar-refractivity contribution in [1.82, 2.24) is 24.6 Å². The van der Waals surface area contributed by atoms with Gasteiger partial charge in [0.1, 0.15) is 11.6 Å². The maximum absolute atomic E-state index is 6.00. The van der Waals surface area contributed by atoms with Crippen molar-refractivity contribution in [2.45, 2.75) is 19.4 Å². The highest BCUT2D eigenvalue weighted by molar-refractivity contribution is 5.84. The number of nitrogens with two attached hydrogens (primary N) is 1. The van der Waals surface area contributed by atoms with Crippen molar-refractivity contribution in [3.8, 4) is 0 Å². The van der Waals surface area contributed by atoms with E-state index in [4.69, 9.17) is 10.5 Å². The average molecular weight is 290 g/mol. The van der Waals surface area contributed by atoms with Crippen LogP contribution in [0.25, 0.3) is 11.0 Å². The van der Waals surface area contributed by atoms with Gasteiger partial charge in [0.15, 0.2) is 5.65 Å². The number of ether oxygens (including phenoxy) is 1. The summed E-state index contributed by atoms with van der Waals surface area (Å²) in [6, 6.07) is 0. The first kappa shape index (κ1) is 14.2. The average Bonchev–Trinajstić information content (AvgIpc) is 2.84. The minimum absolute atomic E-state index is 0.511. The molecule has 1 fully saturated rings. The third-order valence-electron chi connectivity index (χ3n) is 4.14. The molecule has 1 aliphatic heterocycles. The van der Waals surface area contributed by atoms with Crippen molar-refractivity contribution in [2.75, 3.05) is 32.5 Å². The van der Waals surface area contributed by atoms with E-state index in [0.717, 1.165) is 55.9 Å². The van der Waals surface area contributed by atoms with Gasteiger partial charge in [-0.2, -0.15) is 5.10 Å². The molecule has 0 spiro atoms. The van der Waals surface area contributed by atoms with Crippen molar-refractivity contribution in [3.05, 3.63) is 12.0 Å². The van der Waals surface area contributed by atoms with Gasteiger partial charge in [-0.25, -0.2) is 9.97 Å². The SMILES string of the molecule is COCC1CCN(Cc2nc(N)c3cnn(C)c3n2)CC1. The van der Waals surface area contributed by atoms with E-state index in [1.807, 2.05) is 7.05 Å². The summed E-state index contributed by atoms with van der Waals surface area (Å²) in [5.74, 6) is 1.96. The lowest BCUT2D eigenvalue weighted by Crippen LogP contribution is -2.35. The number of nitrogens with zero attached hydrogens (tertiary/aromatic N) is 5. The van der Waals surface area contributed by atoms with Crippen molar-refractivity contribution in [3.63, 3.8) is 0 Å². The molecule has 2 aromatic rings. The number of anilines is 1. The van der Waals surface area contributed by atoms with E-state index in [0.29, 0.717) is 11.7 Å². The monoisotopic (exact) mass is 290 g/mol. The molecular formula is C14H22N6O. The van der Waals surface area contributed by atoms with E-state index >= 15 is 0 Å². The molecule has 0 saturated carbocycles. The number of likely N-dealkylation sites (tertiary alicyclic amines) is 1. The summed E-state index contributed by atoms with van der Waals surface area (Å²) in [6.07, 6.45) is 4.04. The quantitative estimate of drug-likeness (QED) is 0.897. The van der Waals surface area contributed by atoms with Gasteiger partial charge in [0.25, 0.3) is 0 Å². The smallest absolute Gasteiger partial charge is 0.163 e. The summed E-state index contributed by atoms with van der Waals surface area (Å²) in [7, 11) is 3.64. The molecule has 7 nitrogen and oxygen atoms in total. The summed E-state index contributed by atoms with van der Waals surface area (Å²) in [6.45, 7) is 3.71. The zero-order chi connectivity index (χ0) is 14.8. The standard InChI is InChI=1S/C14H22N6O/c1-19-14-11(7-16-19)13(15)17-12(18-14)8-20-5-3-10(4-6-20)9-21-2/h7,10H,3-6,8-9H2,1-2H3,(H2,15,17,18). The third-order valence-corrected chi connectivity index (χ3v) is 4.14. The van der Waals surface area contributed by atoms with E-state index in [2.05, 4.69) is 20.0 Å². The molecule has 0 unspecified atom stereocenters. The van der Waals surface area contributed by atoms with Gasteiger partial charge in [-0.3, -0.25) is 9.58 Å². The molecule has 21 heavy (non-hydrogen) atoms. The molecule has 0 amide bonds. The molecule has 0 aromatic carbocycles. The fraction of sp³-hybridized carbons (Fsp3) is 0.643. The molecule has 3 rings (SSSR count). The summed E-state index contributed by atoms with van der Waals surface area (Å²) in [5.41, 5.74) is 6.80. The molecule has 0 atom stereocenters. The minimum atomic E-state index is 0.511. The zero-order valence-electron chi connectivity index (χ0n) is 12.6. The van der Waals surface area contributed by atoms with Crippen LogP contribution in [0, 0.1) is 5.92 Å². The summed E-state index contributed by atoms with van der Waals surface area (Å²) < 4.78 is 6.97. The first-order valence-electron chi connectivity index (χ1n) is 7.32. The predicted molar refractivity (Wildman–Crippen MR) is 80.6 cm³/mol. The molecule has 2 aromatic heterocycles. The molecule has 114 valence electrons. The van der Waals surface area contributed by atoms with Crippen LogP contribution in [0.5, 0.6) is 0 Å². The van der Waals surface area contributed by atoms with Crippen LogP contribution in [0.4, 0.5) is 5.82 Å². The fourth-order valence-electron chi connectivity index (χ4n) is 2.91. The highest BCUT2D eigenvalue weighted by Crippen LogP contribution is 2.20. The Morgan fingerprint density at radius 3 is 2.81 bits per heavy atom. The van der Waals surface area contributed by atoms with Crippen LogP contribution in [0.15, 0.2) is 6.20 Å². The fourth-order valence-corrected chi connectivity index (χ4v) is 2.91. The van der Waals surface area contributed by atoms with E-state index in [9.17, 15) is 0 Å². The zero-order valence-corrected chi connectivity index (χ0v) is 12.6. The van der Waals surface area contributed by atoms with E-state index in [1.54, 1.807) is 18.0 Å². The van der Waals surface area contributed by atoms with Gasteiger partial charge in [0.2, 0.25) is 0 Å². The van der Waals surface area contributed by atoms with Gasteiger partial charge >= 0.3 is 0 Å². The normalized spacial score (nSPS) is 17.6. The van der Waals surface area contributed by atoms with Gasteiger partial charge in [-0.05, 0) is 31.8 Å². The number of fused-ring (bicyclic) bond motifs is 1. The number of hydrogen-bond donors (Lipinski definition) is 1. The Morgan fingerprint density at radius 2 is 2.10 bits per heavy atom. The van der Waals surface area contributed by atoms with Crippen molar-refractivity contribution >= 4 is 16.9 Å². The molecule has 2 N–H and O–H groups in total. The number of aryl methyl sites for hydroxylation is 1. The van der Waals surface area contributed by atoms with E-state index in [-0.39, 0.29) is 0 Å². The molecule has 1 saturated heterocycles. The lowest BCUT2D eigenvalue weighted by Gasteiger charge is -2.31. The van der Waals surface area contributed by atoms with Crippen LogP contribution in [-0.2, 0) is 18.3 Å². The maximum atomic E-state index is 6.00. The predicted octanol–water partition coefficient (Wildman–Crippen LogP) is 0.804. The van der Waals surface area contributed by atoms with Crippen LogP contribution in [0.2, 0.25) is 0 Å². The molecular weight excluding hydrogens is 268 g/mol. The summed E-state index contributed by atoms with van der Waals surface area (Å²) in [5, 5.41) is 5.00. The van der Waals surface area contributed by atoms with Crippen molar-refractivity contribution in [1.29, 1.82) is 0 Å². The Bertz CT molecular complexity index is 617. The number of nitrogen functional groups attached to an aromatic ring is 1. The number of rotatable bonds is 4. The van der Waals surface area contributed by atoms with Crippen LogP contribution < -0.4 is 5.73 Å². The molecule has 1 aliphatic rings. The van der Waals surface area contributed by atoms with Gasteiger partial charge in [0.05, 0.1) is 18.1 Å².